The second kappa shape index (κ2) is 6.85. The largest absolute Gasteiger partial charge is 0.457 e. The minimum absolute atomic E-state index is 0.193. The summed E-state index contributed by atoms with van der Waals surface area (Å²) in [6.45, 7) is 2.05. The summed E-state index contributed by atoms with van der Waals surface area (Å²) < 4.78 is 18.4. The number of nitrogens with one attached hydrogen (secondary N) is 1. The molecule has 3 N–H and O–H groups in total. The topological polar surface area (TPSA) is 64.4 Å². The van der Waals surface area contributed by atoms with Gasteiger partial charge in [0.25, 0.3) is 0 Å². The molecule has 2 rings (SSSR count). The van der Waals surface area contributed by atoms with Crippen LogP contribution in [0.3, 0.4) is 0 Å². The van der Waals surface area contributed by atoms with Crippen molar-refractivity contribution >= 4 is 5.91 Å². The van der Waals surface area contributed by atoms with E-state index < -0.39 is 6.04 Å². The lowest BCUT2D eigenvalue weighted by atomic mass is 10.2. The van der Waals surface area contributed by atoms with Gasteiger partial charge >= 0.3 is 0 Å². The van der Waals surface area contributed by atoms with Crippen molar-refractivity contribution in [1.29, 1.82) is 0 Å². The summed E-state index contributed by atoms with van der Waals surface area (Å²) in [7, 11) is 0. The van der Waals surface area contributed by atoms with Crippen LogP contribution in [0.15, 0.2) is 48.5 Å². The average Bonchev–Trinajstić information content (AvgIpc) is 2.48. The number of hydrogen-bond donors (Lipinski definition) is 2. The predicted molar refractivity (Wildman–Crippen MR) is 78.4 cm³/mol. The van der Waals surface area contributed by atoms with Crippen molar-refractivity contribution in [2.75, 3.05) is 0 Å². The van der Waals surface area contributed by atoms with Crippen LogP contribution in [0.2, 0.25) is 0 Å². The first kappa shape index (κ1) is 15.0. The Balaban J connectivity index is 1.92. The average molecular weight is 288 g/mol. The standard InChI is InChI=1S/C16H17FN2O2/c1-11(18)16(20)19-10-12-2-6-14(7-3-12)21-15-8-4-13(17)5-9-15/h2-9,11H,10,18H2,1H3,(H,19,20)/t11-/m0/s1. The Labute approximate surface area is 122 Å². The molecule has 0 saturated heterocycles. The number of amides is 1. The van der Waals surface area contributed by atoms with E-state index in [1.54, 1.807) is 31.2 Å². The van der Waals surface area contributed by atoms with Crippen LogP contribution in [0.25, 0.3) is 0 Å². The minimum atomic E-state index is -0.522. The van der Waals surface area contributed by atoms with Gasteiger partial charge in [-0.1, -0.05) is 12.1 Å². The van der Waals surface area contributed by atoms with Gasteiger partial charge in [0.1, 0.15) is 17.3 Å². The molecule has 0 aliphatic carbocycles. The van der Waals surface area contributed by atoms with E-state index in [1.165, 1.54) is 12.1 Å². The molecule has 5 heteroatoms. The number of ether oxygens (including phenoxy) is 1. The first-order valence-electron chi connectivity index (χ1n) is 6.60. The van der Waals surface area contributed by atoms with Gasteiger partial charge in [-0.15, -0.1) is 0 Å². The number of halogens is 1. The fourth-order valence-electron chi connectivity index (χ4n) is 1.66. The fourth-order valence-corrected chi connectivity index (χ4v) is 1.66. The van der Waals surface area contributed by atoms with Gasteiger partial charge in [-0.25, -0.2) is 4.39 Å². The van der Waals surface area contributed by atoms with Crippen molar-refractivity contribution in [3.63, 3.8) is 0 Å². The molecule has 0 aliphatic rings. The lowest BCUT2D eigenvalue weighted by molar-refractivity contribution is -0.122. The van der Waals surface area contributed by atoms with Crippen molar-refractivity contribution in [2.24, 2.45) is 5.73 Å². The number of benzene rings is 2. The second-order valence-corrected chi connectivity index (χ2v) is 4.71. The Hall–Kier alpha value is -2.40. The Morgan fingerprint density at radius 1 is 1.14 bits per heavy atom. The van der Waals surface area contributed by atoms with Crippen molar-refractivity contribution in [2.45, 2.75) is 19.5 Å². The fraction of sp³-hybridized carbons (Fsp3) is 0.188. The van der Waals surface area contributed by atoms with E-state index in [0.717, 1.165) is 5.56 Å². The molecule has 0 aromatic heterocycles. The van der Waals surface area contributed by atoms with Crippen LogP contribution >= 0.6 is 0 Å². The molecule has 1 atom stereocenters. The third-order valence-corrected chi connectivity index (χ3v) is 2.85. The quantitative estimate of drug-likeness (QED) is 0.888. The Kier molecular flexibility index (Phi) is 4.90. The monoisotopic (exact) mass is 288 g/mol. The third kappa shape index (κ3) is 4.57. The summed E-state index contributed by atoms with van der Waals surface area (Å²) in [5.74, 6) is 0.711. The van der Waals surface area contributed by atoms with Crippen molar-refractivity contribution in [1.82, 2.24) is 5.32 Å². The summed E-state index contributed by atoms with van der Waals surface area (Å²) in [5.41, 5.74) is 6.40. The van der Waals surface area contributed by atoms with Crippen molar-refractivity contribution < 1.29 is 13.9 Å². The summed E-state index contributed by atoms with van der Waals surface area (Å²) in [6, 6.07) is 12.6. The minimum Gasteiger partial charge on any atom is -0.457 e. The van der Waals surface area contributed by atoms with Crippen LogP contribution in [-0.2, 0) is 11.3 Å². The number of rotatable bonds is 5. The molecule has 1 amide bonds. The van der Waals surface area contributed by atoms with Crippen LogP contribution < -0.4 is 15.8 Å². The zero-order valence-corrected chi connectivity index (χ0v) is 11.7. The summed E-state index contributed by atoms with van der Waals surface area (Å²) in [5, 5.41) is 2.73. The number of hydrogen-bond acceptors (Lipinski definition) is 3. The van der Waals surface area contributed by atoms with Crippen LogP contribution in [0.5, 0.6) is 11.5 Å². The summed E-state index contributed by atoms with van der Waals surface area (Å²) in [4.78, 5) is 11.4. The Bertz CT molecular complexity index is 595. The van der Waals surface area contributed by atoms with E-state index in [0.29, 0.717) is 18.0 Å². The maximum Gasteiger partial charge on any atom is 0.236 e. The molecule has 0 saturated carbocycles. The molecule has 0 fully saturated rings. The molecular formula is C16H17FN2O2. The van der Waals surface area contributed by atoms with E-state index in [2.05, 4.69) is 5.32 Å². The molecule has 110 valence electrons. The predicted octanol–water partition coefficient (Wildman–Crippen LogP) is 2.58. The highest BCUT2D eigenvalue weighted by Gasteiger charge is 2.06. The van der Waals surface area contributed by atoms with E-state index in [4.69, 9.17) is 10.5 Å². The van der Waals surface area contributed by atoms with E-state index >= 15 is 0 Å². The van der Waals surface area contributed by atoms with Gasteiger partial charge in [0.15, 0.2) is 0 Å². The van der Waals surface area contributed by atoms with Crippen molar-refractivity contribution in [3.8, 4) is 11.5 Å². The lowest BCUT2D eigenvalue weighted by Gasteiger charge is -2.09. The van der Waals surface area contributed by atoms with Crippen molar-refractivity contribution in [3.05, 3.63) is 59.9 Å². The molecular weight excluding hydrogens is 271 g/mol. The van der Waals surface area contributed by atoms with Gasteiger partial charge in [0.2, 0.25) is 5.91 Å². The molecule has 0 spiro atoms. The summed E-state index contributed by atoms with van der Waals surface area (Å²) in [6.07, 6.45) is 0. The first-order valence-corrected chi connectivity index (χ1v) is 6.60. The maximum absolute atomic E-state index is 12.8. The highest BCUT2D eigenvalue weighted by Crippen LogP contribution is 2.21. The van der Waals surface area contributed by atoms with E-state index in [-0.39, 0.29) is 11.7 Å². The smallest absolute Gasteiger partial charge is 0.236 e. The zero-order valence-electron chi connectivity index (χ0n) is 11.7. The van der Waals surface area contributed by atoms with Crippen LogP contribution in [0.4, 0.5) is 4.39 Å². The first-order chi connectivity index (χ1) is 10.0. The van der Waals surface area contributed by atoms with Crippen LogP contribution in [-0.4, -0.2) is 11.9 Å². The lowest BCUT2D eigenvalue weighted by Crippen LogP contribution is -2.37. The molecule has 4 nitrogen and oxygen atoms in total. The van der Waals surface area contributed by atoms with Gasteiger partial charge in [-0.3, -0.25) is 4.79 Å². The highest BCUT2D eigenvalue weighted by molar-refractivity contribution is 5.80. The maximum atomic E-state index is 12.8. The number of carbonyl (C=O) groups excluding carboxylic acids is 1. The normalized spacial score (nSPS) is 11.8. The molecule has 21 heavy (non-hydrogen) atoms. The molecule has 0 aliphatic heterocycles. The molecule has 0 bridgehead atoms. The third-order valence-electron chi connectivity index (χ3n) is 2.85. The Morgan fingerprint density at radius 3 is 2.19 bits per heavy atom. The SMILES string of the molecule is C[C@H](N)C(=O)NCc1ccc(Oc2ccc(F)cc2)cc1. The molecule has 0 radical (unpaired) electrons. The van der Waals surface area contributed by atoms with Gasteiger partial charge in [0, 0.05) is 6.54 Å². The van der Waals surface area contributed by atoms with Gasteiger partial charge in [-0.05, 0) is 48.9 Å². The number of nitrogens with two attached hydrogens (primary N) is 1. The number of carbonyl (C=O) groups is 1. The Morgan fingerprint density at radius 2 is 1.67 bits per heavy atom. The van der Waals surface area contributed by atoms with Gasteiger partial charge in [-0.2, -0.15) is 0 Å². The van der Waals surface area contributed by atoms with Gasteiger partial charge < -0.3 is 15.8 Å². The van der Waals surface area contributed by atoms with E-state index in [1.807, 2.05) is 12.1 Å². The van der Waals surface area contributed by atoms with Crippen LogP contribution in [0.1, 0.15) is 12.5 Å². The highest BCUT2D eigenvalue weighted by atomic mass is 19.1. The van der Waals surface area contributed by atoms with Crippen LogP contribution in [0, 0.1) is 5.82 Å². The van der Waals surface area contributed by atoms with Gasteiger partial charge in [0.05, 0.1) is 6.04 Å². The molecule has 0 heterocycles. The molecule has 2 aromatic carbocycles. The summed E-state index contributed by atoms with van der Waals surface area (Å²) >= 11 is 0. The molecule has 0 unspecified atom stereocenters. The zero-order chi connectivity index (χ0) is 15.2. The second-order valence-electron chi connectivity index (χ2n) is 4.71. The molecule has 2 aromatic rings. The van der Waals surface area contributed by atoms with E-state index in [9.17, 15) is 9.18 Å².